The van der Waals surface area contributed by atoms with E-state index in [0.29, 0.717) is 23.4 Å². The van der Waals surface area contributed by atoms with Crippen molar-refractivity contribution in [2.24, 2.45) is 0 Å². The normalized spacial score (nSPS) is 17.3. The van der Waals surface area contributed by atoms with Gasteiger partial charge in [-0.1, -0.05) is 11.6 Å². The standard InChI is InChI=1S/C12H18ClN3O2/c1-17-7-11-15-9(13)6-10(16-11)14-8-12(18-2)4-3-5-12/h6H,3-5,7-8H2,1-2H3,(H,14,15,16). The van der Waals surface area contributed by atoms with E-state index in [4.69, 9.17) is 21.1 Å². The summed E-state index contributed by atoms with van der Waals surface area (Å²) >= 11 is 5.94. The smallest absolute Gasteiger partial charge is 0.158 e. The quantitative estimate of drug-likeness (QED) is 0.805. The Bertz CT molecular complexity index is 405. The number of hydrogen-bond acceptors (Lipinski definition) is 5. The molecule has 0 amide bonds. The largest absolute Gasteiger partial charge is 0.377 e. The average molecular weight is 272 g/mol. The van der Waals surface area contributed by atoms with Crippen LogP contribution in [-0.4, -0.2) is 36.3 Å². The first-order chi connectivity index (χ1) is 8.67. The van der Waals surface area contributed by atoms with Crippen molar-refractivity contribution in [3.05, 3.63) is 17.0 Å². The molecule has 0 aliphatic heterocycles. The van der Waals surface area contributed by atoms with Crippen LogP contribution in [0.25, 0.3) is 0 Å². The van der Waals surface area contributed by atoms with Crippen molar-refractivity contribution in [3.63, 3.8) is 0 Å². The van der Waals surface area contributed by atoms with E-state index in [1.165, 1.54) is 6.42 Å². The molecule has 1 aromatic heterocycles. The number of nitrogens with zero attached hydrogens (tertiary/aromatic N) is 2. The molecule has 100 valence electrons. The number of rotatable bonds is 6. The summed E-state index contributed by atoms with van der Waals surface area (Å²) in [4.78, 5) is 8.41. The van der Waals surface area contributed by atoms with E-state index in [-0.39, 0.29) is 5.60 Å². The van der Waals surface area contributed by atoms with Crippen molar-refractivity contribution in [1.82, 2.24) is 9.97 Å². The lowest BCUT2D eigenvalue weighted by molar-refractivity contribution is -0.0601. The lowest BCUT2D eigenvalue weighted by Crippen LogP contribution is -2.45. The Morgan fingerprint density at radius 1 is 1.39 bits per heavy atom. The molecule has 5 nitrogen and oxygen atoms in total. The second kappa shape index (κ2) is 5.82. The van der Waals surface area contributed by atoms with Crippen LogP contribution in [0.2, 0.25) is 5.15 Å². The third kappa shape index (κ3) is 3.10. The molecule has 0 atom stereocenters. The average Bonchev–Trinajstić information content (AvgIpc) is 2.28. The third-order valence-corrected chi connectivity index (χ3v) is 3.50. The highest BCUT2D eigenvalue weighted by atomic mass is 35.5. The highest BCUT2D eigenvalue weighted by Crippen LogP contribution is 2.35. The van der Waals surface area contributed by atoms with Crippen LogP contribution in [0.4, 0.5) is 5.82 Å². The van der Waals surface area contributed by atoms with Crippen molar-refractivity contribution in [2.45, 2.75) is 31.5 Å². The maximum atomic E-state index is 5.94. The van der Waals surface area contributed by atoms with E-state index >= 15 is 0 Å². The fourth-order valence-corrected chi connectivity index (χ4v) is 2.23. The van der Waals surface area contributed by atoms with Crippen molar-refractivity contribution in [1.29, 1.82) is 0 Å². The van der Waals surface area contributed by atoms with Gasteiger partial charge in [-0.15, -0.1) is 0 Å². The van der Waals surface area contributed by atoms with E-state index in [2.05, 4.69) is 15.3 Å². The SMILES string of the molecule is COCc1nc(Cl)cc(NCC2(OC)CCC2)n1. The summed E-state index contributed by atoms with van der Waals surface area (Å²) in [5.41, 5.74) is -0.0428. The van der Waals surface area contributed by atoms with Crippen LogP contribution in [0.15, 0.2) is 6.07 Å². The van der Waals surface area contributed by atoms with E-state index in [1.807, 2.05) is 0 Å². The van der Waals surface area contributed by atoms with Gasteiger partial charge in [0.05, 0.1) is 5.60 Å². The molecular formula is C12H18ClN3O2. The molecule has 0 aromatic carbocycles. The number of aromatic nitrogens is 2. The summed E-state index contributed by atoms with van der Waals surface area (Å²) in [6.07, 6.45) is 3.38. The number of ether oxygens (including phenoxy) is 2. The van der Waals surface area contributed by atoms with Crippen LogP contribution < -0.4 is 5.32 Å². The Labute approximate surface area is 112 Å². The molecule has 18 heavy (non-hydrogen) atoms. The molecule has 1 saturated carbocycles. The van der Waals surface area contributed by atoms with Crippen LogP contribution in [0.5, 0.6) is 0 Å². The molecule has 1 N–H and O–H groups in total. The summed E-state index contributed by atoms with van der Waals surface area (Å²) in [6.45, 7) is 1.09. The maximum Gasteiger partial charge on any atom is 0.158 e. The Hall–Kier alpha value is -0.910. The first-order valence-electron chi connectivity index (χ1n) is 5.99. The molecule has 1 aliphatic carbocycles. The van der Waals surface area contributed by atoms with Crippen molar-refractivity contribution < 1.29 is 9.47 Å². The molecule has 6 heteroatoms. The van der Waals surface area contributed by atoms with Crippen LogP contribution >= 0.6 is 11.6 Å². The fraction of sp³-hybridized carbons (Fsp3) is 0.667. The van der Waals surface area contributed by atoms with Crippen LogP contribution in [0.3, 0.4) is 0 Å². The topological polar surface area (TPSA) is 56.3 Å². The minimum absolute atomic E-state index is 0.0428. The summed E-state index contributed by atoms with van der Waals surface area (Å²) in [6, 6.07) is 1.71. The zero-order valence-corrected chi connectivity index (χ0v) is 11.5. The second-order valence-electron chi connectivity index (χ2n) is 4.52. The summed E-state index contributed by atoms with van der Waals surface area (Å²) in [5, 5.41) is 3.68. The minimum atomic E-state index is -0.0428. The van der Waals surface area contributed by atoms with Gasteiger partial charge in [-0.3, -0.25) is 0 Å². The molecule has 1 aliphatic rings. The Morgan fingerprint density at radius 3 is 2.72 bits per heavy atom. The van der Waals surface area contributed by atoms with E-state index in [0.717, 1.165) is 19.4 Å². The number of nitrogens with one attached hydrogen (secondary N) is 1. The van der Waals surface area contributed by atoms with Gasteiger partial charge < -0.3 is 14.8 Å². The molecule has 0 spiro atoms. The van der Waals surface area contributed by atoms with Gasteiger partial charge in [-0.2, -0.15) is 0 Å². The van der Waals surface area contributed by atoms with E-state index in [1.54, 1.807) is 20.3 Å². The highest BCUT2D eigenvalue weighted by molar-refractivity contribution is 6.29. The van der Waals surface area contributed by atoms with Crippen molar-refractivity contribution >= 4 is 17.4 Å². The Kier molecular flexibility index (Phi) is 4.37. The number of methoxy groups -OCH3 is 2. The van der Waals surface area contributed by atoms with Crippen LogP contribution in [-0.2, 0) is 16.1 Å². The maximum absolute atomic E-state index is 5.94. The highest BCUT2D eigenvalue weighted by Gasteiger charge is 2.36. The van der Waals surface area contributed by atoms with Gasteiger partial charge in [0, 0.05) is 26.8 Å². The molecule has 0 saturated heterocycles. The molecule has 1 aromatic rings. The predicted octanol–water partition coefficient (Wildman–Crippen LogP) is 2.26. The zero-order valence-electron chi connectivity index (χ0n) is 10.7. The molecule has 1 heterocycles. The van der Waals surface area contributed by atoms with E-state index in [9.17, 15) is 0 Å². The van der Waals surface area contributed by atoms with Crippen molar-refractivity contribution in [2.75, 3.05) is 26.1 Å². The monoisotopic (exact) mass is 271 g/mol. The predicted molar refractivity (Wildman–Crippen MR) is 69.8 cm³/mol. The first kappa shape index (κ1) is 13.5. The number of anilines is 1. The first-order valence-corrected chi connectivity index (χ1v) is 6.37. The van der Waals surface area contributed by atoms with Crippen molar-refractivity contribution in [3.8, 4) is 0 Å². The third-order valence-electron chi connectivity index (χ3n) is 3.30. The minimum Gasteiger partial charge on any atom is -0.377 e. The zero-order chi connectivity index (χ0) is 13.0. The number of hydrogen-bond donors (Lipinski definition) is 1. The van der Waals surface area contributed by atoms with E-state index < -0.39 is 0 Å². The molecular weight excluding hydrogens is 254 g/mol. The molecule has 0 bridgehead atoms. The molecule has 0 unspecified atom stereocenters. The van der Waals surface area contributed by atoms with Gasteiger partial charge in [0.2, 0.25) is 0 Å². The fourth-order valence-electron chi connectivity index (χ4n) is 2.02. The second-order valence-corrected chi connectivity index (χ2v) is 4.91. The Morgan fingerprint density at radius 2 is 2.17 bits per heavy atom. The lowest BCUT2D eigenvalue weighted by atomic mass is 9.80. The number of halogens is 1. The van der Waals surface area contributed by atoms with Gasteiger partial charge in [-0.05, 0) is 19.3 Å². The van der Waals surface area contributed by atoms with Gasteiger partial charge in [0.25, 0.3) is 0 Å². The van der Waals surface area contributed by atoms with Gasteiger partial charge in [0.15, 0.2) is 5.82 Å². The van der Waals surface area contributed by atoms with Gasteiger partial charge in [-0.25, -0.2) is 9.97 Å². The molecule has 0 radical (unpaired) electrons. The summed E-state index contributed by atoms with van der Waals surface area (Å²) in [7, 11) is 3.36. The van der Waals surface area contributed by atoms with Crippen LogP contribution in [0, 0.1) is 0 Å². The van der Waals surface area contributed by atoms with Gasteiger partial charge >= 0.3 is 0 Å². The lowest BCUT2D eigenvalue weighted by Gasteiger charge is -2.40. The Balaban J connectivity index is 2.00. The van der Waals surface area contributed by atoms with Crippen LogP contribution in [0.1, 0.15) is 25.1 Å². The molecule has 2 rings (SSSR count). The molecule has 1 fully saturated rings. The summed E-state index contributed by atoms with van der Waals surface area (Å²) < 4.78 is 10.5. The summed E-state index contributed by atoms with van der Waals surface area (Å²) in [5.74, 6) is 1.29. The van der Waals surface area contributed by atoms with Gasteiger partial charge in [0.1, 0.15) is 17.6 Å².